The fourth-order valence-electron chi connectivity index (χ4n) is 1.33. The molecular weight excluding hydrogens is 240 g/mol. The first-order valence-corrected chi connectivity index (χ1v) is 5.74. The highest BCUT2D eigenvalue weighted by molar-refractivity contribution is 4.78. The normalized spacial score (nSPS) is 35.4. The molecule has 0 bridgehead atoms. The van der Waals surface area contributed by atoms with Crippen LogP contribution in [0.3, 0.4) is 0 Å². The van der Waals surface area contributed by atoms with Crippen LogP contribution in [0, 0.1) is 0 Å². The fourth-order valence-corrected chi connectivity index (χ4v) is 1.33. The van der Waals surface area contributed by atoms with E-state index in [0.717, 1.165) is 0 Å². The summed E-state index contributed by atoms with van der Waals surface area (Å²) in [4.78, 5) is 0. The fraction of sp³-hybridized carbons (Fsp3) is 0.667. The summed E-state index contributed by atoms with van der Waals surface area (Å²) >= 11 is 0. The van der Waals surface area contributed by atoms with Crippen LogP contribution in [-0.2, 0) is 18.9 Å². The summed E-state index contributed by atoms with van der Waals surface area (Å²) in [5.41, 5.74) is 0. The molecule has 0 aromatic rings. The summed E-state index contributed by atoms with van der Waals surface area (Å²) in [6, 6.07) is 0. The van der Waals surface area contributed by atoms with Gasteiger partial charge in [-0.3, -0.25) is 0 Å². The Hall–Kier alpha value is -0.760. The van der Waals surface area contributed by atoms with Gasteiger partial charge in [-0.2, -0.15) is 0 Å². The number of aliphatic hydroxyl groups excluding tert-OH is 2. The highest BCUT2D eigenvalue weighted by Gasteiger charge is 2.22. The molecule has 2 atom stereocenters. The van der Waals surface area contributed by atoms with Gasteiger partial charge >= 0.3 is 0 Å². The Morgan fingerprint density at radius 3 is 1.94 bits per heavy atom. The molecule has 18 heavy (non-hydrogen) atoms. The van der Waals surface area contributed by atoms with Crippen LogP contribution >= 0.6 is 0 Å². The van der Waals surface area contributed by atoms with Gasteiger partial charge in [0.25, 0.3) is 0 Å². The van der Waals surface area contributed by atoms with E-state index in [1.54, 1.807) is 12.2 Å². The van der Waals surface area contributed by atoms with Gasteiger partial charge in [-0.05, 0) is 12.2 Å². The van der Waals surface area contributed by atoms with Gasteiger partial charge in [-0.1, -0.05) is 13.2 Å². The molecule has 0 aliphatic carbocycles. The number of rotatable bonds is 3. The molecule has 2 aliphatic heterocycles. The molecule has 2 aliphatic rings. The average molecular weight is 260 g/mol. The maximum absolute atomic E-state index is 8.84. The van der Waals surface area contributed by atoms with Gasteiger partial charge in [0.05, 0.1) is 26.4 Å². The van der Waals surface area contributed by atoms with Gasteiger partial charge in [0.15, 0.2) is 12.6 Å². The second-order valence-corrected chi connectivity index (χ2v) is 3.80. The van der Waals surface area contributed by atoms with Crippen LogP contribution in [0.2, 0.25) is 0 Å². The van der Waals surface area contributed by atoms with E-state index in [4.69, 9.17) is 29.2 Å². The summed E-state index contributed by atoms with van der Waals surface area (Å²) in [7, 11) is 0. The molecule has 0 spiro atoms. The van der Waals surface area contributed by atoms with Crippen LogP contribution in [-0.4, -0.2) is 61.4 Å². The second kappa shape index (κ2) is 8.36. The minimum absolute atomic E-state index is 0.0182. The van der Waals surface area contributed by atoms with Crippen molar-refractivity contribution < 1.29 is 29.2 Å². The van der Waals surface area contributed by atoms with Crippen molar-refractivity contribution in [2.75, 3.05) is 26.4 Å². The standard InChI is InChI=1S/2C6H10O3/c1-2-6-8-3-5(7)4-9-6;1-2-6-8-4-5(3-7)9-6/h2*2,5-7H,1,3-4H2. The Labute approximate surface area is 106 Å². The number of aliphatic hydroxyl groups is 2. The Morgan fingerprint density at radius 2 is 1.56 bits per heavy atom. The average Bonchev–Trinajstić information content (AvgIpc) is 2.88. The van der Waals surface area contributed by atoms with Crippen LogP contribution in [0.5, 0.6) is 0 Å². The molecule has 6 heteroatoms. The van der Waals surface area contributed by atoms with Gasteiger partial charge in [0.1, 0.15) is 12.2 Å². The van der Waals surface area contributed by atoms with Crippen molar-refractivity contribution in [2.24, 2.45) is 0 Å². The van der Waals surface area contributed by atoms with Crippen LogP contribution in [0.15, 0.2) is 25.3 Å². The van der Waals surface area contributed by atoms with E-state index in [9.17, 15) is 0 Å². The van der Waals surface area contributed by atoms with Crippen molar-refractivity contribution in [3.8, 4) is 0 Å². The first-order chi connectivity index (χ1) is 8.69. The molecule has 2 saturated heterocycles. The van der Waals surface area contributed by atoms with E-state index in [2.05, 4.69) is 13.2 Å². The monoisotopic (exact) mass is 260 g/mol. The zero-order valence-electron chi connectivity index (χ0n) is 10.2. The molecular formula is C12H20O6. The van der Waals surface area contributed by atoms with Crippen molar-refractivity contribution in [3.05, 3.63) is 25.3 Å². The Bertz CT molecular complexity index is 243. The van der Waals surface area contributed by atoms with Crippen LogP contribution in [0.25, 0.3) is 0 Å². The van der Waals surface area contributed by atoms with E-state index < -0.39 is 6.10 Å². The lowest BCUT2D eigenvalue weighted by Gasteiger charge is -2.23. The molecule has 2 heterocycles. The molecule has 0 amide bonds. The summed E-state index contributed by atoms with van der Waals surface area (Å²) in [6.07, 6.45) is 1.85. The zero-order valence-corrected chi connectivity index (χ0v) is 10.2. The smallest absolute Gasteiger partial charge is 0.177 e. The molecule has 6 nitrogen and oxygen atoms in total. The zero-order chi connectivity index (χ0) is 13.4. The minimum Gasteiger partial charge on any atom is -0.394 e. The quantitative estimate of drug-likeness (QED) is 0.685. The molecule has 104 valence electrons. The summed E-state index contributed by atoms with van der Waals surface area (Å²) in [5, 5.41) is 17.4. The topological polar surface area (TPSA) is 77.4 Å². The van der Waals surface area contributed by atoms with Crippen molar-refractivity contribution in [1.29, 1.82) is 0 Å². The molecule has 2 rings (SSSR count). The first kappa shape index (κ1) is 15.3. The third-order valence-corrected chi connectivity index (χ3v) is 2.27. The molecule has 0 radical (unpaired) electrons. The molecule has 2 unspecified atom stereocenters. The van der Waals surface area contributed by atoms with E-state index in [-0.39, 0.29) is 25.3 Å². The summed E-state index contributed by atoms with van der Waals surface area (Å²) in [5.74, 6) is 0. The predicted octanol–water partition coefficient (Wildman–Crippen LogP) is -0.188. The number of ether oxygens (including phenoxy) is 4. The Morgan fingerprint density at radius 1 is 1.00 bits per heavy atom. The van der Waals surface area contributed by atoms with E-state index in [0.29, 0.717) is 19.8 Å². The molecule has 0 aromatic heterocycles. The number of hydrogen-bond acceptors (Lipinski definition) is 6. The lowest BCUT2D eigenvalue weighted by Crippen LogP contribution is -2.34. The minimum atomic E-state index is -0.471. The van der Waals surface area contributed by atoms with Gasteiger partial charge in [0, 0.05) is 0 Å². The third-order valence-electron chi connectivity index (χ3n) is 2.27. The lowest BCUT2D eigenvalue weighted by atomic mass is 10.4. The maximum atomic E-state index is 8.84. The van der Waals surface area contributed by atoms with Gasteiger partial charge in [-0.25, -0.2) is 0 Å². The summed E-state index contributed by atoms with van der Waals surface area (Å²) in [6.45, 7) is 8.13. The largest absolute Gasteiger partial charge is 0.394 e. The van der Waals surface area contributed by atoms with Gasteiger partial charge in [-0.15, -0.1) is 0 Å². The molecule has 0 aromatic carbocycles. The van der Waals surface area contributed by atoms with Crippen molar-refractivity contribution in [1.82, 2.24) is 0 Å². The van der Waals surface area contributed by atoms with E-state index in [1.807, 2.05) is 0 Å². The number of hydrogen-bond donors (Lipinski definition) is 2. The highest BCUT2D eigenvalue weighted by Crippen LogP contribution is 2.10. The second-order valence-electron chi connectivity index (χ2n) is 3.80. The maximum Gasteiger partial charge on any atom is 0.177 e. The van der Waals surface area contributed by atoms with Crippen molar-refractivity contribution in [3.63, 3.8) is 0 Å². The van der Waals surface area contributed by atoms with Crippen LogP contribution < -0.4 is 0 Å². The van der Waals surface area contributed by atoms with Crippen molar-refractivity contribution in [2.45, 2.75) is 24.8 Å². The SMILES string of the molecule is C=CC1OCC(CO)O1.C=CC1OCC(O)CO1. The first-order valence-electron chi connectivity index (χ1n) is 5.74. The van der Waals surface area contributed by atoms with E-state index >= 15 is 0 Å². The third kappa shape index (κ3) is 5.26. The van der Waals surface area contributed by atoms with Crippen molar-refractivity contribution >= 4 is 0 Å². The Kier molecular flexibility index (Phi) is 7.11. The Balaban J connectivity index is 0.000000180. The van der Waals surface area contributed by atoms with Gasteiger partial charge in [0.2, 0.25) is 0 Å². The predicted molar refractivity (Wildman–Crippen MR) is 63.8 cm³/mol. The van der Waals surface area contributed by atoms with Gasteiger partial charge < -0.3 is 29.2 Å². The van der Waals surface area contributed by atoms with Crippen LogP contribution in [0.4, 0.5) is 0 Å². The molecule has 2 fully saturated rings. The molecule has 0 saturated carbocycles. The molecule has 2 N–H and O–H groups in total. The van der Waals surface area contributed by atoms with E-state index in [1.165, 1.54) is 0 Å². The lowest BCUT2D eigenvalue weighted by molar-refractivity contribution is -0.192. The summed E-state index contributed by atoms with van der Waals surface area (Å²) < 4.78 is 20.0. The highest BCUT2D eigenvalue weighted by atomic mass is 16.7. The van der Waals surface area contributed by atoms with Crippen LogP contribution in [0.1, 0.15) is 0 Å².